The maximum Gasteiger partial charge on any atom is 0.336 e. The van der Waals surface area contributed by atoms with Crippen LogP contribution in [0.1, 0.15) is 44.9 Å². The number of nitrogens with one attached hydrogen (secondary N) is 1. The van der Waals surface area contributed by atoms with E-state index in [2.05, 4.69) is 10.5 Å². The van der Waals surface area contributed by atoms with Gasteiger partial charge in [-0.3, -0.25) is 0 Å². The molecule has 0 radical (unpaired) electrons. The predicted molar refractivity (Wildman–Crippen MR) is 118 cm³/mol. The molecule has 1 aliphatic rings. The summed E-state index contributed by atoms with van der Waals surface area (Å²) >= 11 is 0. The summed E-state index contributed by atoms with van der Waals surface area (Å²) in [5, 5.41) is 7.41. The summed E-state index contributed by atoms with van der Waals surface area (Å²) in [5.74, 6) is -0.776. The third-order valence-electron chi connectivity index (χ3n) is 5.31. The standard InChI is InChI=1S/C24H28N2O6/c1-7-30-23(27)18-13(3)25-14(4)19(24(28)31-8-2)21(18)20-15(5)32-26-22(20)16-11-9-10-12-17(16)29-6/h9-12,21,25H,7-8H2,1-6H3. The molecule has 8 heteroatoms. The molecule has 0 saturated heterocycles. The van der Waals surface area contributed by atoms with Crippen molar-refractivity contribution in [3.05, 3.63) is 58.1 Å². The van der Waals surface area contributed by atoms with E-state index in [4.69, 9.17) is 18.7 Å². The average Bonchev–Trinajstić information content (AvgIpc) is 3.14. The largest absolute Gasteiger partial charge is 0.496 e. The Labute approximate surface area is 187 Å². The van der Waals surface area contributed by atoms with Crippen molar-refractivity contribution in [2.45, 2.75) is 40.5 Å². The summed E-state index contributed by atoms with van der Waals surface area (Å²) in [5.41, 5.74) is 3.54. The third-order valence-corrected chi connectivity index (χ3v) is 5.31. The zero-order chi connectivity index (χ0) is 23.4. The molecule has 2 heterocycles. The van der Waals surface area contributed by atoms with Gasteiger partial charge >= 0.3 is 11.9 Å². The smallest absolute Gasteiger partial charge is 0.336 e. The van der Waals surface area contributed by atoms with Crippen LogP contribution in [0.3, 0.4) is 0 Å². The highest BCUT2D eigenvalue weighted by atomic mass is 16.5. The number of nitrogens with zero attached hydrogens (tertiary/aromatic N) is 1. The van der Waals surface area contributed by atoms with Gasteiger partial charge in [-0.25, -0.2) is 9.59 Å². The number of aromatic nitrogens is 1. The normalized spacial score (nSPS) is 14.3. The van der Waals surface area contributed by atoms with Crippen LogP contribution < -0.4 is 10.1 Å². The van der Waals surface area contributed by atoms with Crippen molar-refractivity contribution >= 4 is 11.9 Å². The molecule has 1 aliphatic heterocycles. The second-order valence-corrected chi connectivity index (χ2v) is 7.28. The van der Waals surface area contributed by atoms with E-state index >= 15 is 0 Å². The summed E-state index contributed by atoms with van der Waals surface area (Å²) in [7, 11) is 1.57. The molecule has 2 aromatic rings. The predicted octanol–water partition coefficient (Wildman–Crippen LogP) is 4.02. The number of dihydropyridines is 1. The van der Waals surface area contributed by atoms with E-state index in [9.17, 15) is 9.59 Å². The molecule has 8 nitrogen and oxygen atoms in total. The maximum atomic E-state index is 13.1. The Bertz CT molecular complexity index is 1060. The quantitative estimate of drug-likeness (QED) is 0.645. The lowest BCUT2D eigenvalue weighted by atomic mass is 9.78. The van der Waals surface area contributed by atoms with Crippen molar-refractivity contribution in [1.29, 1.82) is 0 Å². The highest BCUT2D eigenvalue weighted by Gasteiger charge is 2.41. The molecule has 1 aromatic heterocycles. The van der Waals surface area contributed by atoms with Gasteiger partial charge in [-0.1, -0.05) is 17.3 Å². The molecular formula is C24H28N2O6. The van der Waals surface area contributed by atoms with Crippen LogP contribution in [0.15, 0.2) is 51.3 Å². The summed E-state index contributed by atoms with van der Waals surface area (Å²) in [6.07, 6.45) is 0. The Hall–Kier alpha value is -3.55. The van der Waals surface area contributed by atoms with Crippen LogP contribution in [-0.4, -0.2) is 37.4 Å². The van der Waals surface area contributed by atoms with Crippen molar-refractivity contribution < 1.29 is 28.3 Å². The third kappa shape index (κ3) is 4.12. The number of carbonyl (C=O) groups is 2. The van der Waals surface area contributed by atoms with E-state index in [1.807, 2.05) is 24.3 Å². The Balaban J connectivity index is 2.31. The second kappa shape index (κ2) is 9.72. The molecule has 0 saturated carbocycles. The molecule has 0 atom stereocenters. The fourth-order valence-corrected chi connectivity index (χ4v) is 4.00. The van der Waals surface area contributed by atoms with Crippen LogP contribution in [0.25, 0.3) is 11.3 Å². The Morgan fingerprint density at radius 1 is 1.00 bits per heavy atom. The van der Waals surface area contributed by atoms with Gasteiger partial charge in [0, 0.05) is 22.5 Å². The number of esters is 2. The fraction of sp³-hybridized carbons (Fsp3) is 0.375. The number of benzene rings is 1. The summed E-state index contributed by atoms with van der Waals surface area (Å²) in [4.78, 5) is 26.1. The first-order valence-electron chi connectivity index (χ1n) is 10.5. The minimum atomic E-state index is -0.791. The van der Waals surface area contributed by atoms with E-state index in [0.29, 0.717) is 50.9 Å². The van der Waals surface area contributed by atoms with E-state index in [1.54, 1.807) is 41.7 Å². The van der Waals surface area contributed by atoms with Crippen LogP contribution in [-0.2, 0) is 19.1 Å². The fourth-order valence-electron chi connectivity index (χ4n) is 4.00. The van der Waals surface area contributed by atoms with Crippen LogP contribution >= 0.6 is 0 Å². The molecule has 0 fully saturated rings. The van der Waals surface area contributed by atoms with E-state index in [0.717, 1.165) is 0 Å². The number of para-hydroxylation sites is 1. The second-order valence-electron chi connectivity index (χ2n) is 7.28. The first-order valence-corrected chi connectivity index (χ1v) is 10.5. The molecule has 0 bridgehead atoms. The van der Waals surface area contributed by atoms with E-state index in [-0.39, 0.29) is 13.2 Å². The molecule has 1 N–H and O–H groups in total. The Kier molecular flexibility index (Phi) is 7.02. The van der Waals surface area contributed by atoms with Gasteiger partial charge in [0.2, 0.25) is 0 Å². The molecule has 0 spiro atoms. The molecule has 3 rings (SSSR count). The zero-order valence-electron chi connectivity index (χ0n) is 19.2. The lowest BCUT2D eigenvalue weighted by Crippen LogP contribution is -2.33. The first kappa shape index (κ1) is 23.1. The minimum Gasteiger partial charge on any atom is -0.496 e. The minimum absolute atomic E-state index is 0.196. The van der Waals surface area contributed by atoms with E-state index in [1.165, 1.54) is 0 Å². The average molecular weight is 440 g/mol. The highest BCUT2D eigenvalue weighted by molar-refractivity contribution is 6.00. The SMILES string of the molecule is CCOC(=O)C1=C(C)NC(C)=C(C(=O)OCC)C1c1c(-c2ccccc2OC)noc1C. The highest BCUT2D eigenvalue weighted by Crippen LogP contribution is 2.45. The van der Waals surface area contributed by atoms with Gasteiger partial charge in [0.1, 0.15) is 17.2 Å². The van der Waals surface area contributed by atoms with Gasteiger partial charge in [-0.15, -0.1) is 0 Å². The monoisotopic (exact) mass is 440 g/mol. The van der Waals surface area contributed by atoms with Gasteiger partial charge in [-0.05, 0) is 46.8 Å². The Morgan fingerprint density at radius 3 is 2.09 bits per heavy atom. The Morgan fingerprint density at radius 2 is 1.56 bits per heavy atom. The number of methoxy groups -OCH3 is 1. The summed E-state index contributed by atoms with van der Waals surface area (Å²) in [6.45, 7) is 9.16. The van der Waals surface area contributed by atoms with Gasteiger partial charge < -0.3 is 24.1 Å². The van der Waals surface area contributed by atoms with Crippen LogP contribution in [0, 0.1) is 6.92 Å². The number of carbonyl (C=O) groups excluding carboxylic acids is 2. The van der Waals surface area contributed by atoms with E-state index < -0.39 is 17.9 Å². The number of hydrogen-bond acceptors (Lipinski definition) is 8. The topological polar surface area (TPSA) is 99.9 Å². The van der Waals surface area contributed by atoms with Crippen LogP contribution in [0.5, 0.6) is 5.75 Å². The molecule has 32 heavy (non-hydrogen) atoms. The number of allylic oxidation sites excluding steroid dienone is 2. The number of rotatable bonds is 7. The molecule has 0 amide bonds. The molecule has 1 aromatic carbocycles. The lowest BCUT2D eigenvalue weighted by molar-refractivity contribution is -0.139. The summed E-state index contributed by atoms with van der Waals surface area (Å²) in [6, 6.07) is 7.37. The lowest BCUT2D eigenvalue weighted by Gasteiger charge is -2.30. The van der Waals surface area contributed by atoms with Gasteiger partial charge in [-0.2, -0.15) is 0 Å². The number of aryl methyl sites for hydroxylation is 1. The van der Waals surface area contributed by atoms with Crippen molar-refractivity contribution in [1.82, 2.24) is 10.5 Å². The molecule has 170 valence electrons. The number of ether oxygens (including phenoxy) is 3. The maximum absolute atomic E-state index is 13.1. The zero-order valence-corrected chi connectivity index (χ0v) is 19.2. The van der Waals surface area contributed by atoms with Crippen molar-refractivity contribution in [2.75, 3.05) is 20.3 Å². The van der Waals surface area contributed by atoms with Crippen LogP contribution in [0.2, 0.25) is 0 Å². The molecule has 0 unspecified atom stereocenters. The van der Waals surface area contributed by atoms with Gasteiger partial charge in [0.05, 0.1) is 37.4 Å². The molecular weight excluding hydrogens is 412 g/mol. The van der Waals surface area contributed by atoms with Crippen molar-refractivity contribution in [2.24, 2.45) is 0 Å². The summed E-state index contributed by atoms with van der Waals surface area (Å²) < 4.78 is 21.8. The van der Waals surface area contributed by atoms with Gasteiger partial charge in [0.25, 0.3) is 0 Å². The molecule has 0 aliphatic carbocycles. The first-order chi connectivity index (χ1) is 15.3. The number of hydrogen-bond donors (Lipinski definition) is 1. The van der Waals surface area contributed by atoms with Gasteiger partial charge in [0.15, 0.2) is 0 Å². The van der Waals surface area contributed by atoms with Crippen molar-refractivity contribution in [3.63, 3.8) is 0 Å². The van der Waals surface area contributed by atoms with Crippen LogP contribution in [0.4, 0.5) is 0 Å². The van der Waals surface area contributed by atoms with Crippen molar-refractivity contribution in [3.8, 4) is 17.0 Å².